The van der Waals surface area contributed by atoms with Crippen LogP contribution >= 0.6 is 23.4 Å². The molecule has 1 aromatic carbocycles. The fourth-order valence-electron chi connectivity index (χ4n) is 3.68. The maximum Gasteiger partial charge on any atom is 0.232 e. The summed E-state index contributed by atoms with van der Waals surface area (Å²) in [6.07, 6.45) is 4.72. The minimum absolute atomic E-state index is 0.0161. The summed E-state index contributed by atoms with van der Waals surface area (Å²) in [6.45, 7) is 4.78. The van der Waals surface area contributed by atoms with Gasteiger partial charge in [-0.05, 0) is 37.8 Å². The molecule has 2 N–H and O–H groups in total. The first-order valence-electron chi connectivity index (χ1n) is 10.4. The summed E-state index contributed by atoms with van der Waals surface area (Å²) >= 11 is 7.44. The SMILES string of the molecule is CCn1c(CC(=O)Nc2ccccc2Cl)nnc1SCC(=O)N[C@@H]1CCCC[C@@H]1C. The Morgan fingerprint density at radius 1 is 1.20 bits per heavy atom. The first kappa shape index (κ1) is 22.6. The van der Waals surface area contributed by atoms with E-state index in [1.54, 1.807) is 18.2 Å². The highest BCUT2D eigenvalue weighted by Crippen LogP contribution is 2.24. The van der Waals surface area contributed by atoms with Crippen molar-refractivity contribution in [2.75, 3.05) is 11.1 Å². The highest BCUT2D eigenvalue weighted by Gasteiger charge is 2.23. The molecule has 0 unspecified atom stereocenters. The Balaban J connectivity index is 1.55. The Labute approximate surface area is 186 Å². The van der Waals surface area contributed by atoms with Gasteiger partial charge >= 0.3 is 0 Å². The number of nitrogens with zero attached hydrogens (tertiary/aromatic N) is 3. The Bertz CT molecular complexity index is 888. The van der Waals surface area contributed by atoms with Crippen molar-refractivity contribution in [2.24, 2.45) is 5.92 Å². The summed E-state index contributed by atoms with van der Waals surface area (Å²) in [6, 6.07) is 7.35. The van der Waals surface area contributed by atoms with E-state index in [1.807, 2.05) is 17.6 Å². The monoisotopic (exact) mass is 449 g/mol. The van der Waals surface area contributed by atoms with Gasteiger partial charge in [-0.1, -0.05) is 55.3 Å². The van der Waals surface area contributed by atoms with Gasteiger partial charge in [-0.3, -0.25) is 9.59 Å². The molecule has 9 heteroatoms. The Hall–Kier alpha value is -2.06. The molecule has 1 aromatic heterocycles. The van der Waals surface area contributed by atoms with Crippen molar-refractivity contribution >= 4 is 40.9 Å². The summed E-state index contributed by atoms with van der Waals surface area (Å²) in [5.74, 6) is 1.17. The number of carbonyl (C=O) groups is 2. The van der Waals surface area contributed by atoms with E-state index >= 15 is 0 Å². The number of benzene rings is 1. The number of hydrogen-bond acceptors (Lipinski definition) is 5. The number of hydrogen-bond donors (Lipinski definition) is 2. The van der Waals surface area contributed by atoms with Crippen molar-refractivity contribution in [3.8, 4) is 0 Å². The number of thioether (sulfide) groups is 1. The molecular formula is C21H28ClN5O2S. The van der Waals surface area contributed by atoms with Gasteiger partial charge in [-0.25, -0.2) is 0 Å². The lowest BCUT2D eigenvalue weighted by Crippen LogP contribution is -2.41. The van der Waals surface area contributed by atoms with Gasteiger partial charge in [0.25, 0.3) is 0 Å². The van der Waals surface area contributed by atoms with Gasteiger partial charge in [0.2, 0.25) is 11.8 Å². The van der Waals surface area contributed by atoms with Crippen LogP contribution in [0.25, 0.3) is 0 Å². The highest BCUT2D eigenvalue weighted by molar-refractivity contribution is 7.99. The molecule has 2 atom stereocenters. The summed E-state index contributed by atoms with van der Waals surface area (Å²) < 4.78 is 1.87. The molecule has 162 valence electrons. The van der Waals surface area contributed by atoms with E-state index < -0.39 is 0 Å². The molecule has 2 aromatic rings. The number of aromatic nitrogens is 3. The van der Waals surface area contributed by atoms with E-state index in [0.29, 0.717) is 34.2 Å². The maximum absolute atomic E-state index is 12.4. The molecule has 0 spiro atoms. The van der Waals surface area contributed by atoms with Gasteiger partial charge in [-0.15, -0.1) is 10.2 Å². The molecule has 0 aliphatic heterocycles. The van der Waals surface area contributed by atoms with Crippen LogP contribution in [0, 0.1) is 5.92 Å². The quantitative estimate of drug-likeness (QED) is 0.596. The number of rotatable bonds is 8. The first-order chi connectivity index (χ1) is 14.5. The van der Waals surface area contributed by atoms with E-state index in [2.05, 4.69) is 27.8 Å². The van der Waals surface area contributed by atoms with Crippen LogP contribution < -0.4 is 10.6 Å². The standard InChI is InChI=1S/C21H28ClN5O2S/c1-3-27-18(12-19(28)24-17-11-7-5-9-15(17)22)25-26-21(27)30-13-20(29)23-16-10-6-4-8-14(16)2/h5,7,9,11,14,16H,3-4,6,8,10,12-13H2,1-2H3,(H,23,29)(H,24,28)/t14-,16+/m0/s1. The van der Waals surface area contributed by atoms with Crippen LogP contribution in [-0.2, 0) is 22.6 Å². The van der Waals surface area contributed by atoms with E-state index in [0.717, 1.165) is 6.42 Å². The lowest BCUT2D eigenvalue weighted by atomic mass is 9.86. The van der Waals surface area contributed by atoms with Crippen molar-refractivity contribution in [3.05, 3.63) is 35.1 Å². The van der Waals surface area contributed by atoms with Crippen LogP contribution in [0.5, 0.6) is 0 Å². The number of halogens is 1. The summed E-state index contributed by atoms with van der Waals surface area (Å²) in [5, 5.41) is 15.4. The Kier molecular flexibility index (Phi) is 8.16. The maximum atomic E-state index is 12.4. The lowest BCUT2D eigenvalue weighted by Gasteiger charge is -2.29. The molecule has 1 saturated carbocycles. The molecule has 7 nitrogen and oxygen atoms in total. The number of carbonyl (C=O) groups excluding carboxylic acids is 2. The zero-order valence-electron chi connectivity index (χ0n) is 17.4. The largest absolute Gasteiger partial charge is 0.352 e. The van der Waals surface area contributed by atoms with Gasteiger partial charge < -0.3 is 15.2 Å². The molecule has 1 aliphatic carbocycles. The molecule has 0 radical (unpaired) electrons. The van der Waals surface area contributed by atoms with Gasteiger partial charge in [0.05, 0.1) is 22.9 Å². The molecule has 1 heterocycles. The Morgan fingerprint density at radius 2 is 1.97 bits per heavy atom. The van der Waals surface area contributed by atoms with Crippen LogP contribution in [0.3, 0.4) is 0 Å². The van der Waals surface area contributed by atoms with Crippen molar-refractivity contribution in [3.63, 3.8) is 0 Å². The van der Waals surface area contributed by atoms with Crippen molar-refractivity contribution in [1.29, 1.82) is 0 Å². The third kappa shape index (κ3) is 5.98. The molecular weight excluding hydrogens is 422 g/mol. The molecule has 0 saturated heterocycles. The average Bonchev–Trinajstić information content (AvgIpc) is 3.11. The molecule has 1 aliphatic rings. The fraction of sp³-hybridized carbons (Fsp3) is 0.524. The predicted octanol–water partition coefficient (Wildman–Crippen LogP) is 3.92. The number of amides is 2. The zero-order chi connectivity index (χ0) is 21.5. The van der Waals surface area contributed by atoms with E-state index in [1.165, 1.54) is 31.0 Å². The van der Waals surface area contributed by atoms with E-state index in [-0.39, 0.29) is 30.0 Å². The molecule has 30 heavy (non-hydrogen) atoms. The van der Waals surface area contributed by atoms with Gasteiger partial charge in [0.15, 0.2) is 5.16 Å². The number of anilines is 1. The van der Waals surface area contributed by atoms with Crippen molar-refractivity contribution in [2.45, 2.75) is 63.7 Å². The third-order valence-electron chi connectivity index (χ3n) is 5.37. The second-order valence-corrected chi connectivity index (χ2v) is 8.92. The van der Waals surface area contributed by atoms with Crippen molar-refractivity contribution < 1.29 is 9.59 Å². The van der Waals surface area contributed by atoms with E-state index in [9.17, 15) is 9.59 Å². The topological polar surface area (TPSA) is 88.9 Å². The number of para-hydroxylation sites is 1. The van der Waals surface area contributed by atoms with Crippen LogP contribution in [-0.4, -0.2) is 38.4 Å². The summed E-state index contributed by atoms with van der Waals surface area (Å²) in [5.41, 5.74) is 0.565. The van der Waals surface area contributed by atoms with E-state index in [4.69, 9.17) is 11.6 Å². The van der Waals surface area contributed by atoms with Crippen LogP contribution in [0.2, 0.25) is 5.02 Å². The minimum atomic E-state index is -0.217. The number of nitrogens with one attached hydrogen (secondary N) is 2. The summed E-state index contributed by atoms with van der Waals surface area (Å²) in [4.78, 5) is 24.8. The van der Waals surface area contributed by atoms with Crippen LogP contribution in [0.15, 0.2) is 29.4 Å². The summed E-state index contributed by atoms with van der Waals surface area (Å²) in [7, 11) is 0. The molecule has 3 rings (SSSR count). The smallest absolute Gasteiger partial charge is 0.232 e. The fourth-order valence-corrected chi connectivity index (χ4v) is 4.70. The van der Waals surface area contributed by atoms with Gasteiger partial charge in [0, 0.05) is 12.6 Å². The molecule has 1 fully saturated rings. The van der Waals surface area contributed by atoms with Crippen LogP contribution in [0.1, 0.15) is 45.4 Å². The zero-order valence-corrected chi connectivity index (χ0v) is 18.9. The molecule has 0 bridgehead atoms. The second kappa shape index (κ2) is 10.8. The third-order valence-corrected chi connectivity index (χ3v) is 6.66. The molecule has 2 amide bonds. The van der Waals surface area contributed by atoms with Gasteiger partial charge in [0.1, 0.15) is 5.82 Å². The minimum Gasteiger partial charge on any atom is -0.352 e. The van der Waals surface area contributed by atoms with Crippen LogP contribution in [0.4, 0.5) is 5.69 Å². The average molecular weight is 450 g/mol. The predicted molar refractivity (Wildman–Crippen MR) is 120 cm³/mol. The first-order valence-corrected chi connectivity index (χ1v) is 11.7. The van der Waals surface area contributed by atoms with Gasteiger partial charge in [-0.2, -0.15) is 0 Å². The second-order valence-electron chi connectivity index (χ2n) is 7.57. The van der Waals surface area contributed by atoms with Crippen molar-refractivity contribution in [1.82, 2.24) is 20.1 Å². The lowest BCUT2D eigenvalue weighted by molar-refractivity contribution is -0.120. The normalized spacial score (nSPS) is 18.8. The Morgan fingerprint density at radius 3 is 2.70 bits per heavy atom. The highest BCUT2D eigenvalue weighted by atomic mass is 35.5.